The number of aryl methyl sites for hydroxylation is 1. The Kier molecular flexibility index (Phi) is 8.30. The van der Waals surface area contributed by atoms with Crippen LogP contribution in [0.15, 0.2) is 24.3 Å². The number of hydrogen-bond donors (Lipinski definition) is 1. The highest BCUT2D eigenvalue weighted by molar-refractivity contribution is 6.30. The Morgan fingerprint density at radius 3 is 2.24 bits per heavy atom. The molecule has 1 N–H and O–H groups in total. The van der Waals surface area contributed by atoms with Crippen molar-refractivity contribution >= 4 is 23.5 Å². The first-order chi connectivity index (χ1) is 15.6. The molecule has 3 heterocycles. The van der Waals surface area contributed by atoms with Crippen LogP contribution in [0, 0.1) is 0 Å². The van der Waals surface area contributed by atoms with Crippen LogP contribution in [-0.4, -0.2) is 67.6 Å². The second kappa shape index (κ2) is 11.0. The maximum absolute atomic E-state index is 12.9. The van der Waals surface area contributed by atoms with Gasteiger partial charge in [-0.1, -0.05) is 23.2 Å². The third-order valence-corrected chi connectivity index (χ3v) is 5.75. The van der Waals surface area contributed by atoms with Crippen LogP contribution in [0.5, 0.6) is 0 Å². The Morgan fingerprint density at radius 1 is 1.00 bits per heavy atom. The molecule has 1 aromatic heterocycles. The van der Waals surface area contributed by atoms with Crippen molar-refractivity contribution in [1.29, 1.82) is 0 Å². The van der Waals surface area contributed by atoms with Crippen molar-refractivity contribution in [1.82, 2.24) is 24.8 Å². The quantitative estimate of drug-likeness (QED) is 0.711. The minimum atomic E-state index is -5.08. The molecule has 0 spiro atoms. The van der Waals surface area contributed by atoms with Crippen molar-refractivity contribution in [2.45, 2.75) is 51.5 Å². The van der Waals surface area contributed by atoms with E-state index < -0.39 is 12.1 Å². The van der Waals surface area contributed by atoms with Gasteiger partial charge in [0.1, 0.15) is 5.69 Å². The van der Waals surface area contributed by atoms with Gasteiger partial charge >= 0.3 is 12.1 Å². The number of rotatable bonds is 3. The molecule has 180 valence electrons. The Morgan fingerprint density at radius 2 is 1.64 bits per heavy atom. The van der Waals surface area contributed by atoms with Crippen molar-refractivity contribution in [3.63, 3.8) is 0 Å². The van der Waals surface area contributed by atoms with Crippen LogP contribution >= 0.6 is 11.6 Å². The topological polar surface area (TPSA) is 91.6 Å². The lowest BCUT2D eigenvalue weighted by atomic mass is 10.1. The van der Waals surface area contributed by atoms with E-state index in [2.05, 4.69) is 15.2 Å². The van der Waals surface area contributed by atoms with Crippen molar-refractivity contribution in [3.8, 4) is 0 Å². The SMILES string of the molecule is O=C(O)C(F)(F)F.O=C(c1ccc(Cl)cc1)N1CCCn2nnc(CN3CCCCC3)c2C1. The van der Waals surface area contributed by atoms with Crippen LogP contribution in [0.3, 0.4) is 0 Å². The first-order valence-corrected chi connectivity index (χ1v) is 11.0. The summed E-state index contributed by atoms with van der Waals surface area (Å²) >= 11 is 5.94. The van der Waals surface area contributed by atoms with Crippen LogP contribution in [-0.2, 0) is 24.4 Å². The van der Waals surface area contributed by atoms with Crippen molar-refractivity contribution in [3.05, 3.63) is 46.2 Å². The monoisotopic (exact) mass is 487 g/mol. The number of carboxylic acid groups (broad SMARTS) is 1. The standard InChI is InChI=1S/C19H24ClN5O.C2HF3O2/c20-16-7-5-15(6-8-16)19(26)24-11-4-12-25-18(14-24)17(21-22-25)13-23-9-2-1-3-10-23;3-2(4,5)1(6)7/h5-8H,1-4,9-14H2;(H,6,7). The molecule has 1 amide bonds. The van der Waals surface area contributed by atoms with Gasteiger partial charge in [0.05, 0.1) is 12.2 Å². The summed E-state index contributed by atoms with van der Waals surface area (Å²) < 4.78 is 33.7. The maximum atomic E-state index is 12.9. The zero-order valence-corrected chi connectivity index (χ0v) is 18.6. The van der Waals surface area contributed by atoms with E-state index in [1.807, 2.05) is 9.58 Å². The lowest BCUT2D eigenvalue weighted by molar-refractivity contribution is -0.192. The van der Waals surface area contributed by atoms with Crippen molar-refractivity contribution < 1.29 is 27.9 Å². The number of nitrogens with zero attached hydrogens (tertiary/aromatic N) is 5. The largest absolute Gasteiger partial charge is 0.490 e. The van der Waals surface area contributed by atoms with Gasteiger partial charge in [0.15, 0.2) is 0 Å². The van der Waals surface area contributed by atoms with Gasteiger partial charge in [0, 0.05) is 30.2 Å². The number of alkyl halides is 3. The molecular weight excluding hydrogens is 463 g/mol. The third kappa shape index (κ3) is 6.91. The highest BCUT2D eigenvalue weighted by Gasteiger charge is 2.38. The second-order valence-electron chi connectivity index (χ2n) is 7.93. The van der Waals surface area contributed by atoms with Gasteiger partial charge in [0.25, 0.3) is 5.91 Å². The van der Waals surface area contributed by atoms with E-state index in [0.29, 0.717) is 17.1 Å². The minimum Gasteiger partial charge on any atom is -0.475 e. The molecule has 33 heavy (non-hydrogen) atoms. The molecule has 1 saturated heterocycles. The highest BCUT2D eigenvalue weighted by Crippen LogP contribution is 2.20. The van der Waals surface area contributed by atoms with E-state index in [1.165, 1.54) is 19.3 Å². The Bertz CT molecular complexity index is 959. The number of hydrogen-bond acceptors (Lipinski definition) is 5. The first kappa shape index (κ1) is 25.0. The van der Waals surface area contributed by atoms with Crippen molar-refractivity contribution in [2.24, 2.45) is 0 Å². The van der Waals surface area contributed by atoms with Crippen LogP contribution in [0.1, 0.15) is 47.4 Å². The van der Waals surface area contributed by atoms with Crippen LogP contribution in [0.2, 0.25) is 5.02 Å². The predicted octanol–water partition coefficient (Wildman–Crippen LogP) is 3.60. The first-order valence-electron chi connectivity index (χ1n) is 10.6. The van der Waals surface area contributed by atoms with Crippen LogP contribution < -0.4 is 0 Å². The van der Waals surface area contributed by atoms with Gasteiger partial charge in [-0.25, -0.2) is 9.48 Å². The molecule has 0 bridgehead atoms. The summed E-state index contributed by atoms with van der Waals surface area (Å²) in [4.78, 5) is 26.2. The lowest BCUT2D eigenvalue weighted by Gasteiger charge is -2.26. The molecule has 4 rings (SSSR count). The second-order valence-corrected chi connectivity index (χ2v) is 8.37. The van der Waals surface area contributed by atoms with E-state index >= 15 is 0 Å². The van der Waals surface area contributed by atoms with Crippen LogP contribution in [0.4, 0.5) is 13.2 Å². The Labute approximate surface area is 193 Å². The normalized spacial score (nSPS) is 16.9. The molecule has 0 radical (unpaired) electrons. The molecule has 2 aromatic rings. The number of amides is 1. The third-order valence-electron chi connectivity index (χ3n) is 5.50. The fourth-order valence-corrected chi connectivity index (χ4v) is 3.92. The summed E-state index contributed by atoms with van der Waals surface area (Å²) in [5.74, 6) is -2.72. The molecule has 2 aliphatic heterocycles. The number of carbonyl (C=O) groups excluding carboxylic acids is 1. The number of carboxylic acids is 1. The molecule has 0 unspecified atom stereocenters. The van der Waals surface area contributed by atoms with Gasteiger partial charge in [-0.15, -0.1) is 5.10 Å². The van der Waals surface area contributed by atoms with Gasteiger partial charge in [-0.2, -0.15) is 13.2 Å². The number of aromatic nitrogens is 3. The number of aliphatic carboxylic acids is 1. The predicted molar refractivity (Wildman–Crippen MR) is 114 cm³/mol. The summed E-state index contributed by atoms with van der Waals surface area (Å²) in [5.41, 5.74) is 2.77. The summed E-state index contributed by atoms with van der Waals surface area (Å²) in [7, 11) is 0. The molecule has 1 aromatic carbocycles. The van der Waals surface area contributed by atoms with Crippen molar-refractivity contribution in [2.75, 3.05) is 19.6 Å². The Hall–Kier alpha value is -2.66. The van der Waals surface area contributed by atoms with E-state index in [-0.39, 0.29) is 5.91 Å². The molecule has 0 aliphatic carbocycles. The highest BCUT2D eigenvalue weighted by atomic mass is 35.5. The molecule has 0 saturated carbocycles. The number of carbonyl (C=O) groups is 2. The van der Waals surface area contributed by atoms with Gasteiger partial charge in [0.2, 0.25) is 0 Å². The number of fused-ring (bicyclic) bond motifs is 1. The van der Waals surface area contributed by atoms with E-state index in [4.69, 9.17) is 21.5 Å². The van der Waals surface area contributed by atoms with E-state index in [9.17, 15) is 18.0 Å². The number of benzene rings is 1. The molecular formula is C21H25ClF3N5O3. The minimum absolute atomic E-state index is 0.0419. The summed E-state index contributed by atoms with van der Waals surface area (Å²) in [6.45, 7) is 5.19. The molecule has 0 atom stereocenters. The Balaban J connectivity index is 0.000000383. The molecule has 2 aliphatic rings. The van der Waals surface area contributed by atoms with Gasteiger partial charge < -0.3 is 10.0 Å². The van der Waals surface area contributed by atoms with E-state index in [0.717, 1.165) is 50.5 Å². The smallest absolute Gasteiger partial charge is 0.475 e. The summed E-state index contributed by atoms with van der Waals surface area (Å²) in [5, 5.41) is 16.5. The number of halogens is 4. The number of piperidine rings is 1. The summed E-state index contributed by atoms with van der Waals surface area (Å²) in [6, 6.07) is 7.11. The van der Waals surface area contributed by atoms with Gasteiger partial charge in [-0.05, 0) is 56.6 Å². The zero-order chi connectivity index (χ0) is 24.0. The van der Waals surface area contributed by atoms with Gasteiger partial charge in [-0.3, -0.25) is 9.69 Å². The average Bonchev–Trinajstić information content (AvgIpc) is 3.01. The maximum Gasteiger partial charge on any atom is 0.490 e. The molecule has 8 nitrogen and oxygen atoms in total. The fraction of sp³-hybridized carbons (Fsp3) is 0.524. The number of likely N-dealkylation sites (tertiary alicyclic amines) is 1. The summed E-state index contributed by atoms with van der Waals surface area (Å²) in [6.07, 6.45) is -0.368. The molecule has 1 fully saturated rings. The van der Waals surface area contributed by atoms with E-state index in [1.54, 1.807) is 24.3 Å². The fourth-order valence-electron chi connectivity index (χ4n) is 3.79. The zero-order valence-electron chi connectivity index (χ0n) is 17.9. The van der Waals surface area contributed by atoms with Crippen LogP contribution in [0.25, 0.3) is 0 Å². The average molecular weight is 488 g/mol. The lowest BCUT2D eigenvalue weighted by Crippen LogP contribution is -2.32. The molecule has 12 heteroatoms.